The fourth-order valence-electron chi connectivity index (χ4n) is 1.97. The van der Waals surface area contributed by atoms with Crippen molar-refractivity contribution in [3.63, 3.8) is 0 Å². The Morgan fingerprint density at radius 3 is 2.65 bits per heavy atom. The predicted octanol–water partition coefficient (Wildman–Crippen LogP) is 3.40. The van der Waals surface area contributed by atoms with Gasteiger partial charge in [0.15, 0.2) is 5.69 Å². The van der Waals surface area contributed by atoms with Crippen LogP contribution < -0.4 is 4.74 Å². The number of hydrogen-bond donors (Lipinski definition) is 1. The van der Waals surface area contributed by atoms with Crippen LogP contribution in [0.3, 0.4) is 0 Å². The van der Waals surface area contributed by atoms with Gasteiger partial charge < -0.3 is 9.84 Å². The molecule has 0 fully saturated rings. The largest absolute Gasteiger partial charge is 0.477 e. The molecule has 1 heterocycles. The summed E-state index contributed by atoms with van der Waals surface area (Å²) in [6.07, 6.45) is 1.36. The van der Waals surface area contributed by atoms with Crippen LogP contribution in [0.2, 0.25) is 0 Å². The van der Waals surface area contributed by atoms with Crippen LogP contribution in [0.4, 0.5) is 0 Å². The van der Waals surface area contributed by atoms with Gasteiger partial charge in [-0.1, -0.05) is 19.9 Å². The molecule has 0 aliphatic carbocycles. The molecule has 5 heteroatoms. The predicted molar refractivity (Wildman–Crippen MR) is 74.3 cm³/mol. The van der Waals surface area contributed by atoms with Crippen molar-refractivity contribution in [2.75, 3.05) is 0 Å². The molecule has 0 aliphatic heterocycles. The molecule has 2 aromatic rings. The zero-order chi connectivity index (χ0) is 14.7. The Balaban J connectivity index is 2.24. The summed E-state index contributed by atoms with van der Waals surface area (Å²) in [6, 6.07) is 7.07. The third-order valence-electron chi connectivity index (χ3n) is 2.93. The second kappa shape index (κ2) is 5.69. The topological polar surface area (TPSA) is 72.3 Å². The monoisotopic (exact) mass is 272 g/mol. The van der Waals surface area contributed by atoms with Crippen LogP contribution in [0.5, 0.6) is 11.8 Å². The second-order valence-electron chi connectivity index (χ2n) is 4.80. The first-order chi connectivity index (χ1) is 9.47. The van der Waals surface area contributed by atoms with E-state index in [-0.39, 0.29) is 11.7 Å². The van der Waals surface area contributed by atoms with Crippen LogP contribution in [0.15, 0.2) is 30.5 Å². The zero-order valence-electron chi connectivity index (χ0n) is 11.6. The lowest BCUT2D eigenvalue weighted by Gasteiger charge is -2.11. The van der Waals surface area contributed by atoms with Crippen molar-refractivity contribution < 1.29 is 14.6 Å². The van der Waals surface area contributed by atoms with Gasteiger partial charge in [0.2, 0.25) is 0 Å². The van der Waals surface area contributed by atoms with E-state index in [1.807, 2.05) is 25.1 Å². The van der Waals surface area contributed by atoms with Crippen LogP contribution >= 0.6 is 0 Å². The third kappa shape index (κ3) is 3.12. The quantitative estimate of drug-likeness (QED) is 0.923. The molecule has 0 bridgehead atoms. The molecule has 1 aromatic carbocycles. The fraction of sp³-hybridized carbons (Fsp3) is 0.267. The van der Waals surface area contributed by atoms with Gasteiger partial charge in [-0.2, -0.15) is 4.98 Å². The van der Waals surface area contributed by atoms with Crippen molar-refractivity contribution >= 4 is 5.97 Å². The molecule has 0 saturated heterocycles. The van der Waals surface area contributed by atoms with E-state index in [0.29, 0.717) is 11.7 Å². The van der Waals surface area contributed by atoms with Gasteiger partial charge in [0.05, 0.1) is 0 Å². The number of benzene rings is 1. The van der Waals surface area contributed by atoms with E-state index in [9.17, 15) is 4.79 Å². The van der Waals surface area contributed by atoms with Crippen molar-refractivity contribution in [1.82, 2.24) is 9.97 Å². The minimum absolute atomic E-state index is 0.0293. The van der Waals surface area contributed by atoms with Gasteiger partial charge >= 0.3 is 12.0 Å². The summed E-state index contributed by atoms with van der Waals surface area (Å²) in [5.74, 6) is -0.0753. The molecule has 0 radical (unpaired) electrons. The molecule has 0 spiro atoms. The number of rotatable bonds is 4. The van der Waals surface area contributed by atoms with Crippen LogP contribution in [-0.2, 0) is 0 Å². The number of nitrogens with zero attached hydrogens (tertiary/aromatic N) is 2. The van der Waals surface area contributed by atoms with E-state index in [1.165, 1.54) is 17.8 Å². The fourth-order valence-corrected chi connectivity index (χ4v) is 1.97. The van der Waals surface area contributed by atoms with Crippen molar-refractivity contribution in [2.24, 2.45) is 0 Å². The maximum Gasteiger partial charge on any atom is 0.354 e. The van der Waals surface area contributed by atoms with Crippen LogP contribution in [-0.4, -0.2) is 21.0 Å². The van der Waals surface area contributed by atoms with Gasteiger partial charge in [-0.25, -0.2) is 9.78 Å². The Morgan fingerprint density at radius 1 is 1.30 bits per heavy atom. The number of carbonyl (C=O) groups is 1. The van der Waals surface area contributed by atoms with Gasteiger partial charge in [-0.05, 0) is 42.2 Å². The number of ether oxygens (including phenoxy) is 1. The van der Waals surface area contributed by atoms with Gasteiger partial charge in [-0.3, -0.25) is 0 Å². The maximum absolute atomic E-state index is 10.8. The van der Waals surface area contributed by atoms with E-state index in [0.717, 1.165) is 5.56 Å². The smallest absolute Gasteiger partial charge is 0.354 e. The highest BCUT2D eigenvalue weighted by atomic mass is 16.5. The lowest BCUT2D eigenvalue weighted by Crippen LogP contribution is -2.02. The van der Waals surface area contributed by atoms with Crippen molar-refractivity contribution in [1.29, 1.82) is 0 Å². The molecule has 0 unspecified atom stereocenters. The Bertz CT molecular complexity index is 639. The summed E-state index contributed by atoms with van der Waals surface area (Å²) in [5.41, 5.74) is 2.27. The first-order valence-electron chi connectivity index (χ1n) is 6.32. The zero-order valence-corrected chi connectivity index (χ0v) is 11.6. The summed E-state index contributed by atoms with van der Waals surface area (Å²) in [7, 11) is 0. The first kappa shape index (κ1) is 14.0. The number of carboxylic acids is 1. The van der Waals surface area contributed by atoms with Gasteiger partial charge in [0, 0.05) is 6.20 Å². The Morgan fingerprint density at radius 2 is 2.05 bits per heavy atom. The standard InChI is InChI=1S/C15H16N2O3/c1-9(2)12-5-4-11(8-10(12)3)20-15-16-7-6-13(17-15)14(18)19/h4-9H,1-3H3,(H,18,19). The van der Waals surface area contributed by atoms with E-state index in [4.69, 9.17) is 9.84 Å². The lowest BCUT2D eigenvalue weighted by molar-refractivity contribution is 0.0689. The van der Waals surface area contributed by atoms with E-state index < -0.39 is 5.97 Å². The normalized spacial score (nSPS) is 10.6. The number of carboxylic acid groups (broad SMARTS) is 1. The highest BCUT2D eigenvalue weighted by Crippen LogP contribution is 2.25. The van der Waals surface area contributed by atoms with Gasteiger partial charge in [-0.15, -0.1) is 0 Å². The van der Waals surface area contributed by atoms with Crippen LogP contribution in [0.1, 0.15) is 41.4 Å². The molecule has 0 saturated carbocycles. The highest BCUT2D eigenvalue weighted by molar-refractivity contribution is 5.85. The van der Waals surface area contributed by atoms with Gasteiger partial charge in [0.1, 0.15) is 5.75 Å². The average molecular weight is 272 g/mol. The Labute approximate surface area is 117 Å². The van der Waals surface area contributed by atoms with Crippen molar-refractivity contribution in [2.45, 2.75) is 26.7 Å². The summed E-state index contributed by atoms with van der Waals surface area (Å²) in [4.78, 5) is 18.6. The average Bonchev–Trinajstić information content (AvgIpc) is 2.38. The van der Waals surface area contributed by atoms with Gasteiger partial charge in [0.25, 0.3) is 0 Å². The molecule has 20 heavy (non-hydrogen) atoms. The summed E-state index contributed by atoms with van der Waals surface area (Å²) in [5, 5.41) is 8.87. The van der Waals surface area contributed by atoms with Crippen molar-refractivity contribution in [3.8, 4) is 11.8 Å². The maximum atomic E-state index is 10.8. The minimum Gasteiger partial charge on any atom is -0.477 e. The van der Waals surface area contributed by atoms with E-state index >= 15 is 0 Å². The Hall–Kier alpha value is -2.43. The molecule has 104 valence electrons. The van der Waals surface area contributed by atoms with E-state index in [2.05, 4.69) is 23.8 Å². The number of hydrogen-bond acceptors (Lipinski definition) is 4. The lowest BCUT2D eigenvalue weighted by atomic mass is 9.98. The van der Waals surface area contributed by atoms with Crippen LogP contribution in [0, 0.1) is 6.92 Å². The summed E-state index contributed by atoms with van der Waals surface area (Å²) < 4.78 is 5.50. The van der Waals surface area contributed by atoms with Crippen molar-refractivity contribution in [3.05, 3.63) is 47.3 Å². The molecule has 5 nitrogen and oxygen atoms in total. The molecule has 0 atom stereocenters. The third-order valence-corrected chi connectivity index (χ3v) is 2.93. The number of aromatic nitrogens is 2. The highest BCUT2D eigenvalue weighted by Gasteiger charge is 2.09. The molecule has 0 amide bonds. The molecule has 1 aromatic heterocycles. The minimum atomic E-state index is -1.11. The molecule has 0 aliphatic rings. The number of aryl methyl sites for hydroxylation is 1. The van der Waals surface area contributed by atoms with E-state index in [1.54, 1.807) is 0 Å². The molecular formula is C15H16N2O3. The summed E-state index contributed by atoms with van der Waals surface area (Å²) >= 11 is 0. The Kier molecular flexibility index (Phi) is 3.98. The molecular weight excluding hydrogens is 256 g/mol. The second-order valence-corrected chi connectivity index (χ2v) is 4.80. The SMILES string of the molecule is Cc1cc(Oc2nccc(C(=O)O)n2)ccc1C(C)C. The summed E-state index contributed by atoms with van der Waals surface area (Å²) in [6.45, 7) is 6.27. The first-order valence-corrected chi connectivity index (χ1v) is 6.32. The molecule has 1 N–H and O–H groups in total. The molecule has 2 rings (SSSR count). The van der Waals surface area contributed by atoms with Crippen LogP contribution in [0.25, 0.3) is 0 Å². The number of aromatic carboxylic acids is 1.